The van der Waals surface area contributed by atoms with E-state index in [-0.39, 0.29) is 24.0 Å². The van der Waals surface area contributed by atoms with Gasteiger partial charge in [0.05, 0.1) is 12.1 Å². The highest BCUT2D eigenvalue weighted by atomic mass is 127. The molecule has 2 aromatic rings. The van der Waals surface area contributed by atoms with Crippen LogP contribution in [0.3, 0.4) is 0 Å². The number of alkyl carbamates (subject to hydrolysis) is 1. The van der Waals surface area contributed by atoms with Crippen molar-refractivity contribution in [3.8, 4) is 5.82 Å². The van der Waals surface area contributed by atoms with Gasteiger partial charge < -0.3 is 20.7 Å². The molecule has 0 aliphatic carbocycles. The van der Waals surface area contributed by atoms with E-state index in [4.69, 9.17) is 4.74 Å². The van der Waals surface area contributed by atoms with E-state index in [0.717, 1.165) is 17.9 Å². The van der Waals surface area contributed by atoms with Gasteiger partial charge in [-0.25, -0.2) is 19.8 Å². The van der Waals surface area contributed by atoms with Gasteiger partial charge in [0.15, 0.2) is 5.96 Å². The Morgan fingerprint density at radius 1 is 1.19 bits per heavy atom. The molecule has 0 bridgehead atoms. The summed E-state index contributed by atoms with van der Waals surface area (Å²) in [5.41, 5.74) is -0.0366. The maximum Gasteiger partial charge on any atom is 0.408 e. The van der Waals surface area contributed by atoms with Crippen LogP contribution < -0.4 is 16.0 Å². The van der Waals surface area contributed by atoms with E-state index in [0.29, 0.717) is 19.0 Å². The van der Waals surface area contributed by atoms with Crippen LogP contribution >= 0.6 is 24.0 Å². The Labute approximate surface area is 201 Å². The first-order valence-corrected chi connectivity index (χ1v) is 10.0. The molecule has 10 heteroatoms. The second-order valence-corrected chi connectivity index (χ2v) is 8.55. The molecule has 0 aromatic carbocycles. The van der Waals surface area contributed by atoms with Gasteiger partial charge in [0, 0.05) is 31.7 Å². The lowest BCUT2D eigenvalue weighted by molar-refractivity contribution is 0.0474. The van der Waals surface area contributed by atoms with E-state index < -0.39 is 17.2 Å². The minimum atomic E-state index is -0.538. The average Bonchev–Trinajstić information content (AvgIpc) is 3.17. The number of aromatic nitrogens is 3. The Balaban J connectivity index is 0.00000480. The van der Waals surface area contributed by atoms with Crippen LogP contribution in [0.1, 0.15) is 47.1 Å². The number of guanidine groups is 1. The summed E-state index contributed by atoms with van der Waals surface area (Å²) >= 11 is 0. The lowest BCUT2D eigenvalue weighted by Gasteiger charge is -2.29. The summed E-state index contributed by atoms with van der Waals surface area (Å²) in [5.74, 6) is 1.46. The quantitative estimate of drug-likeness (QED) is 0.282. The first-order chi connectivity index (χ1) is 14.1. The van der Waals surface area contributed by atoms with Crippen LogP contribution in [-0.2, 0) is 11.3 Å². The van der Waals surface area contributed by atoms with Crippen molar-refractivity contribution in [1.29, 1.82) is 0 Å². The zero-order valence-electron chi connectivity index (χ0n) is 19.1. The van der Waals surface area contributed by atoms with Crippen LogP contribution in [0.15, 0.2) is 42.0 Å². The third kappa shape index (κ3) is 9.99. The Kier molecular flexibility index (Phi) is 10.2. The molecule has 0 aliphatic rings. The van der Waals surface area contributed by atoms with Gasteiger partial charge >= 0.3 is 6.09 Å². The van der Waals surface area contributed by atoms with E-state index in [9.17, 15) is 4.79 Å². The lowest BCUT2D eigenvalue weighted by Crippen LogP contribution is -2.54. The van der Waals surface area contributed by atoms with Gasteiger partial charge in [-0.3, -0.25) is 4.57 Å². The zero-order chi connectivity index (χ0) is 22.2. The third-order valence-electron chi connectivity index (χ3n) is 3.88. The van der Waals surface area contributed by atoms with Crippen molar-refractivity contribution < 1.29 is 9.53 Å². The number of rotatable bonds is 7. The number of pyridine rings is 1. The summed E-state index contributed by atoms with van der Waals surface area (Å²) < 4.78 is 7.19. The molecule has 0 unspecified atom stereocenters. The number of nitrogens with one attached hydrogen (secondary N) is 3. The molecule has 2 aromatic heterocycles. The van der Waals surface area contributed by atoms with Gasteiger partial charge in [0.1, 0.15) is 17.7 Å². The standard InChI is InChI=1S/C21H33N7O2.HI/c1-7-23-18(26-14-21(5,6)27-19(29)30-20(2,3)4)25-13-16-8-9-24-17(12-16)28-11-10-22-15-28;/h8-12,15H,7,13-14H2,1-6H3,(H,27,29)(H2,23,25,26);1H. The predicted molar refractivity (Wildman–Crippen MR) is 133 cm³/mol. The highest BCUT2D eigenvalue weighted by Crippen LogP contribution is 2.10. The predicted octanol–water partition coefficient (Wildman–Crippen LogP) is 3.24. The van der Waals surface area contributed by atoms with E-state index in [1.807, 2.05) is 64.4 Å². The number of halogens is 1. The van der Waals surface area contributed by atoms with Gasteiger partial charge in [-0.1, -0.05) is 0 Å². The zero-order valence-corrected chi connectivity index (χ0v) is 21.4. The molecule has 0 spiro atoms. The van der Waals surface area contributed by atoms with E-state index in [1.165, 1.54) is 0 Å². The number of imidazole rings is 1. The Morgan fingerprint density at radius 3 is 2.55 bits per heavy atom. The number of carbonyl (C=O) groups is 1. The number of carbonyl (C=O) groups excluding carboxylic acids is 1. The molecule has 0 fully saturated rings. The number of nitrogens with zero attached hydrogens (tertiary/aromatic N) is 4. The lowest BCUT2D eigenvalue weighted by atomic mass is 10.1. The molecule has 0 radical (unpaired) electrons. The van der Waals surface area contributed by atoms with Gasteiger partial charge in [-0.2, -0.15) is 0 Å². The second kappa shape index (κ2) is 11.9. The Hall–Kier alpha value is -2.37. The molecule has 0 aliphatic heterocycles. The minimum Gasteiger partial charge on any atom is -0.444 e. The van der Waals surface area contributed by atoms with E-state index in [1.54, 1.807) is 18.7 Å². The summed E-state index contributed by atoms with van der Waals surface area (Å²) in [5, 5.41) is 9.39. The normalized spacial score (nSPS) is 12.0. The highest BCUT2D eigenvalue weighted by Gasteiger charge is 2.24. The fourth-order valence-electron chi connectivity index (χ4n) is 2.54. The maximum absolute atomic E-state index is 12.1. The van der Waals surface area contributed by atoms with E-state index in [2.05, 4.69) is 30.9 Å². The molecule has 2 rings (SSSR count). The Bertz CT molecular complexity index is 846. The average molecular weight is 543 g/mol. The second-order valence-electron chi connectivity index (χ2n) is 8.55. The van der Waals surface area contributed by atoms with Crippen molar-refractivity contribution in [1.82, 2.24) is 30.5 Å². The highest BCUT2D eigenvalue weighted by molar-refractivity contribution is 14.0. The summed E-state index contributed by atoms with van der Waals surface area (Å²) in [4.78, 5) is 25.1. The number of amides is 1. The molecule has 2 heterocycles. The number of aliphatic imine (C=N–C) groups is 1. The van der Waals surface area contributed by atoms with E-state index >= 15 is 0 Å². The summed E-state index contributed by atoms with van der Waals surface area (Å²) in [7, 11) is 0. The summed E-state index contributed by atoms with van der Waals surface area (Å²) in [6.45, 7) is 13.1. The Morgan fingerprint density at radius 2 is 1.94 bits per heavy atom. The maximum atomic E-state index is 12.1. The minimum absolute atomic E-state index is 0. The van der Waals surface area contributed by atoms with Crippen molar-refractivity contribution >= 4 is 36.0 Å². The summed E-state index contributed by atoms with van der Waals surface area (Å²) in [6, 6.07) is 3.91. The van der Waals surface area contributed by atoms with Gasteiger partial charge in [-0.15, -0.1) is 24.0 Å². The number of ether oxygens (including phenoxy) is 1. The number of hydrogen-bond donors (Lipinski definition) is 3. The third-order valence-corrected chi connectivity index (χ3v) is 3.88. The van der Waals surface area contributed by atoms with Crippen LogP contribution in [0.25, 0.3) is 5.82 Å². The molecule has 3 N–H and O–H groups in total. The fourth-order valence-corrected chi connectivity index (χ4v) is 2.54. The van der Waals surface area contributed by atoms with Crippen molar-refractivity contribution in [3.05, 3.63) is 42.6 Å². The monoisotopic (exact) mass is 543 g/mol. The van der Waals surface area contributed by atoms with Crippen LogP contribution in [0, 0.1) is 0 Å². The van der Waals surface area contributed by atoms with Crippen LogP contribution in [0.4, 0.5) is 4.79 Å². The summed E-state index contributed by atoms with van der Waals surface area (Å²) in [6.07, 6.45) is 6.59. The first-order valence-electron chi connectivity index (χ1n) is 10.0. The van der Waals surface area contributed by atoms with Gasteiger partial charge in [0.25, 0.3) is 0 Å². The van der Waals surface area contributed by atoms with Gasteiger partial charge in [-0.05, 0) is 59.2 Å². The van der Waals surface area contributed by atoms with Gasteiger partial charge in [0.2, 0.25) is 0 Å². The first kappa shape index (κ1) is 26.7. The molecular formula is C21H34IN7O2. The topological polar surface area (TPSA) is 105 Å². The molecule has 31 heavy (non-hydrogen) atoms. The largest absolute Gasteiger partial charge is 0.444 e. The molecule has 1 amide bonds. The van der Waals surface area contributed by atoms with Crippen LogP contribution in [0.2, 0.25) is 0 Å². The molecule has 0 saturated heterocycles. The number of hydrogen-bond acceptors (Lipinski definition) is 5. The SMILES string of the molecule is CCNC(=NCc1ccnc(-n2ccnc2)c1)NCC(C)(C)NC(=O)OC(C)(C)C.I. The smallest absolute Gasteiger partial charge is 0.408 e. The van der Waals surface area contributed by atoms with Crippen molar-refractivity contribution in [3.63, 3.8) is 0 Å². The fraction of sp³-hybridized carbons (Fsp3) is 0.524. The van der Waals surface area contributed by atoms with Crippen molar-refractivity contribution in [2.45, 2.75) is 59.2 Å². The molecule has 172 valence electrons. The van der Waals surface area contributed by atoms with Crippen LogP contribution in [0.5, 0.6) is 0 Å². The van der Waals surface area contributed by atoms with Crippen molar-refractivity contribution in [2.75, 3.05) is 13.1 Å². The van der Waals surface area contributed by atoms with Crippen LogP contribution in [-0.4, -0.2) is 50.8 Å². The molecule has 0 saturated carbocycles. The molecular weight excluding hydrogens is 509 g/mol. The molecule has 0 atom stereocenters. The molecule has 9 nitrogen and oxygen atoms in total. The van der Waals surface area contributed by atoms with Crippen molar-refractivity contribution in [2.24, 2.45) is 4.99 Å².